The zero-order valence-electron chi connectivity index (χ0n) is 12.1. The Morgan fingerprint density at radius 2 is 2.10 bits per heavy atom. The van der Waals surface area contributed by atoms with Gasteiger partial charge in [0.1, 0.15) is 5.75 Å². The zero-order valence-corrected chi connectivity index (χ0v) is 12.1. The number of benzene rings is 1. The molecule has 0 aliphatic heterocycles. The lowest BCUT2D eigenvalue weighted by atomic mass is 9.94. The molecule has 0 bridgehead atoms. The SMILES string of the molecule is CN(Cc1cccc(O)c1)C(=O)C1CCCCCC1N. The molecular formula is C16H24N2O2. The molecule has 4 nitrogen and oxygen atoms in total. The normalized spacial score (nSPS) is 23.1. The highest BCUT2D eigenvalue weighted by Gasteiger charge is 2.29. The summed E-state index contributed by atoms with van der Waals surface area (Å²) in [6.45, 7) is 0.510. The van der Waals surface area contributed by atoms with Crippen molar-refractivity contribution in [3.63, 3.8) is 0 Å². The van der Waals surface area contributed by atoms with Crippen LogP contribution in [0.4, 0.5) is 0 Å². The van der Waals surface area contributed by atoms with E-state index in [0.717, 1.165) is 31.2 Å². The van der Waals surface area contributed by atoms with Gasteiger partial charge >= 0.3 is 0 Å². The summed E-state index contributed by atoms with van der Waals surface area (Å²) in [5.74, 6) is 0.303. The van der Waals surface area contributed by atoms with E-state index >= 15 is 0 Å². The van der Waals surface area contributed by atoms with Gasteiger partial charge in [0.05, 0.1) is 5.92 Å². The summed E-state index contributed by atoms with van der Waals surface area (Å²) in [5, 5.41) is 9.47. The molecule has 0 radical (unpaired) electrons. The van der Waals surface area contributed by atoms with Gasteiger partial charge in [-0.1, -0.05) is 31.4 Å². The molecule has 110 valence electrons. The Balaban J connectivity index is 2.00. The van der Waals surface area contributed by atoms with E-state index in [1.54, 1.807) is 23.1 Å². The number of phenols is 1. The second-order valence-corrected chi connectivity index (χ2v) is 5.77. The number of amides is 1. The summed E-state index contributed by atoms with van der Waals surface area (Å²) >= 11 is 0. The van der Waals surface area contributed by atoms with Gasteiger partial charge in [0.2, 0.25) is 5.91 Å². The molecule has 3 N–H and O–H groups in total. The average Bonchev–Trinajstić information content (AvgIpc) is 2.62. The highest BCUT2D eigenvalue weighted by molar-refractivity contribution is 5.79. The number of rotatable bonds is 3. The summed E-state index contributed by atoms with van der Waals surface area (Å²) in [4.78, 5) is 14.3. The van der Waals surface area contributed by atoms with Crippen molar-refractivity contribution in [2.45, 2.75) is 44.7 Å². The Labute approximate surface area is 120 Å². The Hall–Kier alpha value is -1.55. The predicted octanol–water partition coefficient (Wildman–Crippen LogP) is 2.26. The van der Waals surface area contributed by atoms with Crippen molar-refractivity contribution in [1.29, 1.82) is 0 Å². The highest BCUT2D eigenvalue weighted by Crippen LogP contribution is 2.24. The number of hydrogen-bond donors (Lipinski definition) is 2. The number of hydrogen-bond acceptors (Lipinski definition) is 3. The molecule has 1 amide bonds. The van der Waals surface area contributed by atoms with Gasteiger partial charge in [-0.05, 0) is 30.5 Å². The van der Waals surface area contributed by atoms with Gasteiger partial charge in [-0.3, -0.25) is 4.79 Å². The molecule has 0 aromatic heterocycles. The molecule has 1 aliphatic carbocycles. The smallest absolute Gasteiger partial charge is 0.227 e. The van der Waals surface area contributed by atoms with Crippen LogP contribution in [0.3, 0.4) is 0 Å². The second-order valence-electron chi connectivity index (χ2n) is 5.77. The van der Waals surface area contributed by atoms with E-state index in [9.17, 15) is 9.90 Å². The molecular weight excluding hydrogens is 252 g/mol. The molecule has 1 aromatic rings. The second kappa shape index (κ2) is 6.75. The molecule has 2 unspecified atom stereocenters. The lowest BCUT2D eigenvalue weighted by molar-refractivity contribution is -0.135. The first-order valence-electron chi connectivity index (χ1n) is 7.36. The number of nitrogens with zero attached hydrogens (tertiary/aromatic N) is 1. The van der Waals surface area contributed by atoms with Gasteiger partial charge in [0, 0.05) is 19.6 Å². The minimum absolute atomic E-state index is 0.0170. The third-order valence-corrected chi connectivity index (χ3v) is 4.09. The summed E-state index contributed by atoms with van der Waals surface area (Å²) in [7, 11) is 1.81. The van der Waals surface area contributed by atoms with Crippen LogP contribution in [0.15, 0.2) is 24.3 Å². The predicted molar refractivity (Wildman–Crippen MR) is 79.1 cm³/mol. The molecule has 0 saturated heterocycles. The highest BCUT2D eigenvalue weighted by atomic mass is 16.3. The lowest BCUT2D eigenvalue weighted by Crippen LogP contribution is -2.41. The fraction of sp³-hybridized carbons (Fsp3) is 0.562. The fourth-order valence-electron chi connectivity index (χ4n) is 2.93. The van der Waals surface area contributed by atoms with Crippen molar-refractivity contribution in [2.24, 2.45) is 11.7 Å². The van der Waals surface area contributed by atoms with Crippen molar-refractivity contribution in [3.8, 4) is 5.75 Å². The van der Waals surface area contributed by atoms with Crippen molar-refractivity contribution >= 4 is 5.91 Å². The molecule has 1 aliphatic rings. The first-order valence-corrected chi connectivity index (χ1v) is 7.36. The summed E-state index contributed by atoms with van der Waals surface area (Å²) in [5.41, 5.74) is 7.08. The van der Waals surface area contributed by atoms with Crippen molar-refractivity contribution in [2.75, 3.05) is 7.05 Å². The van der Waals surface area contributed by atoms with E-state index in [2.05, 4.69) is 0 Å². The van der Waals surface area contributed by atoms with Crippen LogP contribution in [0.25, 0.3) is 0 Å². The molecule has 1 fully saturated rings. The van der Waals surface area contributed by atoms with Gasteiger partial charge < -0.3 is 15.7 Å². The van der Waals surface area contributed by atoms with E-state index in [0.29, 0.717) is 6.54 Å². The zero-order chi connectivity index (χ0) is 14.5. The molecule has 0 heterocycles. The van der Waals surface area contributed by atoms with Crippen LogP contribution in [0, 0.1) is 5.92 Å². The van der Waals surface area contributed by atoms with Crippen LogP contribution in [0.1, 0.15) is 37.7 Å². The summed E-state index contributed by atoms with van der Waals surface area (Å²) < 4.78 is 0. The molecule has 4 heteroatoms. The number of carbonyl (C=O) groups is 1. The van der Waals surface area contributed by atoms with Crippen LogP contribution in [-0.2, 0) is 11.3 Å². The molecule has 2 atom stereocenters. The quantitative estimate of drug-likeness (QED) is 0.832. The van der Waals surface area contributed by atoms with E-state index in [1.165, 1.54) is 6.42 Å². The number of aromatic hydroxyl groups is 1. The van der Waals surface area contributed by atoms with Gasteiger partial charge in [-0.25, -0.2) is 0 Å². The van der Waals surface area contributed by atoms with E-state index < -0.39 is 0 Å². The molecule has 1 aromatic carbocycles. The van der Waals surface area contributed by atoms with Gasteiger partial charge in [-0.2, -0.15) is 0 Å². The third-order valence-electron chi connectivity index (χ3n) is 4.09. The molecule has 2 rings (SSSR count). The van der Waals surface area contributed by atoms with Crippen LogP contribution >= 0.6 is 0 Å². The van der Waals surface area contributed by atoms with Gasteiger partial charge in [0.25, 0.3) is 0 Å². The van der Waals surface area contributed by atoms with E-state index in [4.69, 9.17) is 5.73 Å². The van der Waals surface area contributed by atoms with Crippen LogP contribution in [0.5, 0.6) is 5.75 Å². The maximum atomic E-state index is 12.5. The maximum absolute atomic E-state index is 12.5. The largest absolute Gasteiger partial charge is 0.508 e. The van der Waals surface area contributed by atoms with E-state index in [-0.39, 0.29) is 23.6 Å². The summed E-state index contributed by atoms with van der Waals surface area (Å²) in [6, 6.07) is 7.01. The van der Waals surface area contributed by atoms with E-state index in [1.807, 2.05) is 13.1 Å². The monoisotopic (exact) mass is 276 g/mol. The Bertz CT molecular complexity index is 462. The van der Waals surface area contributed by atoms with Crippen LogP contribution in [-0.4, -0.2) is 29.0 Å². The van der Waals surface area contributed by atoms with Crippen molar-refractivity contribution < 1.29 is 9.90 Å². The number of nitrogens with two attached hydrogens (primary N) is 1. The Morgan fingerprint density at radius 3 is 2.85 bits per heavy atom. The van der Waals surface area contributed by atoms with Crippen molar-refractivity contribution in [3.05, 3.63) is 29.8 Å². The topological polar surface area (TPSA) is 66.6 Å². The lowest BCUT2D eigenvalue weighted by Gasteiger charge is -2.26. The fourth-order valence-corrected chi connectivity index (χ4v) is 2.93. The van der Waals surface area contributed by atoms with Crippen LogP contribution < -0.4 is 5.73 Å². The van der Waals surface area contributed by atoms with Gasteiger partial charge in [0.15, 0.2) is 0 Å². The van der Waals surface area contributed by atoms with Crippen LogP contribution in [0.2, 0.25) is 0 Å². The third kappa shape index (κ3) is 3.73. The summed E-state index contributed by atoms with van der Waals surface area (Å²) in [6.07, 6.45) is 5.22. The Morgan fingerprint density at radius 1 is 1.35 bits per heavy atom. The Kier molecular flexibility index (Phi) is 5.01. The van der Waals surface area contributed by atoms with Gasteiger partial charge in [-0.15, -0.1) is 0 Å². The number of carbonyl (C=O) groups excluding carboxylic acids is 1. The first-order chi connectivity index (χ1) is 9.58. The average molecular weight is 276 g/mol. The molecule has 1 saturated carbocycles. The number of phenolic OH excluding ortho intramolecular Hbond substituents is 1. The van der Waals surface area contributed by atoms with Crippen molar-refractivity contribution in [1.82, 2.24) is 4.90 Å². The first kappa shape index (κ1) is 14.9. The minimum atomic E-state index is -0.0557. The molecule has 0 spiro atoms. The molecule has 20 heavy (non-hydrogen) atoms. The standard InChI is InChI=1S/C16H24N2O2/c1-18(11-12-6-5-7-13(19)10-12)16(20)14-8-3-2-4-9-15(14)17/h5-7,10,14-15,19H,2-4,8-9,11,17H2,1H3. The minimum Gasteiger partial charge on any atom is -0.508 e. The maximum Gasteiger partial charge on any atom is 0.227 e.